The fourth-order valence-electron chi connectivity index (χ4n) is 1.73. The van der Waals surface area contributed by atoms with Crippen LogP contribution in [-0.4, -0.2) is 30.1 Å². The fourth-order valence-corrected chi connectivity index (χ4v) is 1.73. The van der Waals surface area contributed by atoms with E-state index in [1.165, 1.54) is 0 Å². The summed E-state index contributed by atoms with van der Waals surface area (Å²) < 4.78 is 0. The van der Waals surface area contributed by atoms with Crippen LogP contribution in [-0.2, 0) is 9.59 Å². The molecule has 1 unspecified atom stereocenters. The number of carbonyl (C=O) groups excluding carboxylic acids is 1. The van der Waals surface area contributed by atoms with Crippen molar-refractivity contribution in [2.75, 3.05) is 13.1 Å². The highest BCUT2D eigenvalue weighted by Crippen LogP contribution is 2.16. The van der Waals surface area contributed by atoms with E-state index in [9.17, 15) is 9.59 Å². The molecule has 0 spiro atoms. The Labute approximate surface area is 106 Å². The van der Waals surface area contributed by atoms with Crippen molar-refractivity contribution in [2.24, 2.45) is 0 Å². The minimum Gasteiger partial charge on any atom is -0.480 e. The highest BCUT2D eigenvalue weighted by atomic mass is 16.4. The molecule has 1 rings (SSSR count). The first-order valence-electron chi connectivity index (χ1n) is 5.78. The van der Waals surface area contributed by atoms with Crippen molar-refractivity contribution in [1.29, 1.82) is 0 Å². The molecule has 5 nitrogen and oxygen atoms in total. The second-order valence-corrected chi connectivity index (χ2v) is 4.14. The number of carbonyl (C=O) groups is 2. The first-order chi connectivity index (χ1) is 8.50. The first-order valence-corrected chi connectivity index (χ1v) is 5.78. The summed E-state index contributed by atoms with van der Waals surface area (Å²) in [6.45, 7) is 3.67. The van der Waals surface area contributed by atoms with Gasteiger partial charge in [0.1, 0.15) is 0 Å². The minimum absolute atomic E-state index is 0.00250. The van der Waals surface area contributed by atoms with E-state index >= 15 is 0 Å². The second-order valence-electron chi connectivity index (χ2n) is 4.14. The Morgan fingerprint density at radius 3 is 2.56 bits per heavy atom. The van der Waals surface area contributed by atoms with Crippen LogP contribution in [0.4, 0.5) is 0 Å². The highest BCUT2D eigenvalue weighted by Gasteiger charge is 2.11. The maximum absolute atomic E-state index is 11.6. The van der Waals surface area contributed by atoms with Gasteiger partial charge in [-0.05, 0) is 25.0 Å². The van der Waals surface area contributed by atoms with Gasteiger partial charge in [-0.25, -0.2) is 0 Å². The molecule has 1 atom stereocenters. The standard InChI is InChI=1S/C13H18N2O3/c1-9-5-3-4-6-11(9)10(2)15-12(16)7-14-8-13(17)18/h3-6,10,14H,7-8H2,1-2H3,(H,15,16)(H,17,18). The third-order valence-corrected chi connectivity index (χ3v) is 2.59. The number of benzene rings is 1. The van der Waals surface area contributed by atoms with Crippen LogP contribution in [0.1, 0.15) is 24.1 Å². The molecule has 0 saturated carbocycles. The third kappa shape index (κ3) is 4.55. The molecule has 0 bridgehead atoms. The number of hydrogen-bond acceptors (Lipinski definition) is 3. The molecule has 5 heteroatoms. The van der Waals surface area contributed by atoms with Crippen LogP contribution < -0.4 is 10.6 Å². The van der Waals surface area contributed by atoms with Crippen LogP contribution >= 0.6 is 0 Å². The molecule has 0 aliphatic heterocycles. The Bertz CT molecular complexity index is 432. The van der Waals surface area contributed by atoms with Gasteiger partial charge in [-0.3, -0.25) is 14.9 Å². The van der Waals surface area contributed by atoms with E-state index in [0.29, 0.717) is 0 Å². The monoisotopic (exact) mass is 250 g/mol. The van der Waals surface area contributed by atoms with Gasteiger partial charge in [-0.15, -0.1) is 0 Å². The van der Waals surface area contributed by atoms with Crippen LogP contribution in [0, 0.1) is 6.92 Å². The molecule has 0 saturated heterocycles. The summed E-state index contributed by atoms with van der Waals surface area (Å²) in [5.41, 5.74) is 2.17. The van der Waals surface area contributed by atoms with E-state index in [1.54, 1.807) is 0 Å². The van der Waals surface area contributed by atoms with Gasteiger partial charge in [0.15, 0.2) is 0 Å². The van der Waals surface area contributed by atoms with Crippen molar-refractivity contribution in [3.63, 3.8) is 0 Å². The Balaban J connectivity index is 2.45. The van der Waals surface area contributed by atoms with Crippen LogP contribution in [0.5, 0.6) is 0 Å². The minimum atomic E-state index is -0.977. The number of carboxylic acid groups (broad SMARTS) is 1. The van der Waals surface area contributed by atoms with E-state index in [2.05, 4.69) is 10.6 Å². The van der Waals surface area contributed by atoms with Crippen molar-refractivity contribution >= 4 is 11.9 Å². The molecule has 0 heterocycles. The summed E-state index contributed by atoms with van der Waals surface area (Å²) in [6.07, 6.45) is 0. The largest absolute Gasteiger partial charge is 0.480 e. The van der Waals surface area contributed by atoms with Gasteiger partial charge in [-0.2, -0.15) is 0 Å². The Kier molecular flexibility index (Phi) is 5.32. The van der Waals surface area contributed by atoms with Crippen LogP contribution in [0.25, 0.3) is 0 Å². The molecule has 98 valence electrons. The van der Waals surface area contributed by atoms with Gasteiger partial charge < -0.3 is 10.4 Å². The molecule has 0 aliphatic rings. The lowest BCUT2D eigenvalue weighted by molar-refractivity contribution is -0.136. The number of amides is 1. The van der Waals surface area contributed by atoms with Gasteiger partial charge in [0.2, 0.25) is 5.91 Å². The smallest absolute Gasteiger partial charge is 0.317 e. The van der Waals surface area contributed by atoms with Crippen LogP contribution in [0.3, 0.4) is 0 Å². The molecule has 0 aromatic heterocycles. The molecule has 0 radical (unpaired) electrons. The number of hydrogen-bond donors (Lipinski definition) is 3. The molecule has 0 aliphatic carbocycles. The Hall–Kier alpha value is -1.88. The number of aliphatic carboxylic acids is 1. The topological polar surface area (TPSA) is 78.4 Å². The second kappa shape index (κ2) is 6.76. The van der Waals surface area contributed by atoms with E-state index < -0.39 is 5.97 Å². The van der Waals surface area contributed by atoms with Crippen LogP contribution in [0.2, 0.25) is 0 Å². The maximum Gasteiger partial charge on any atom is 0.317 e. The molecule has 0 fully saturated rings. The third-order valence-electron chi connectivity index (χ3n) is 2.59. The summed E-state index contributed by atoms with van der Waals surface area (Å²) in [4.78, 5) is 21.8. The summed E-state index contributed by atoms with van der Waals surface area (Å²) in [7, 11) is 0. The number of carboxylic acids is 1. The SMILES string of the molecule is Cc1ccccc1C(C)NC(=O)CNCC(=O)O. The normalized spacial score (nSPS) is 11.9. The first kappa shape index (κ1) is 14.2. The summed E-state index contributed by atoms with van der Waals surface area (Å²) in [6, 6.07) is 7.73. The Morgan fingerprint density at radius 1 is 1.28 bits per heavy atom. The van der Waals surface area contributed by atoms with Gasteiger partial charge in [0, 0.05) is 0 Å². The average Bonchev–Trinajstić information content (AvgIpc) is 2.28. The lowest BCUT2D eigenvalue weighted by Crippen LogP contribution is -2.37. The lowest BCUT2D eigenvalue weighted by atomic mass is 10.0. The van der Waals surface area contributed by atoms with Gasteiger partial charge in [0.05, 0.1) is 19.1 Å². The number of rotatable bonds is 6. The fraction of sp³-hybridized carbons (Fsp3) is 0.385. The molecule has 18 heavy (non-hydrogen) atoms. The van der Waals surface area contributed by atoms with Crippen LogP contribution in [0.15, 0.2) is 24.3 Å². The Morgan fingerprint density at radius 2 is 1.94 bits per heavy atom. The average molecular weight is 250 g/mol. The quantitative estimate of drug-likeness (QED) is 0.699. The zero-order valence-electron chi connectivity index (χ0n) is 10.6. The predicted octanol–water partition coefficient (Wildman–Crippen LogP) is 0.846. The zero-order valence-corrected chi connectivity index (χ0v) is 10.6. The van der Waals surface area contributed by atoms with Crippen molar-refractivity contribution in [2.45, 2.75) is 19.9 Å². The molecular formula is C13H18N2O3. The molecule has 1 aromatic carbocycles. The lowest BCUT2D eigenvalue weighted by Gasteiger charge is -2.16. The van der Waals surface area contributed by atoms with E-state index in [0.717, 1.165) is 11.1 Å². The maximum atomic E-state index is 11.6. The molecule has 1 amide bonds. The number of nitrogens with one attached hydrogen (secondary N) is 2. The number of aryl methyl sites for hydroxylation is 1. The molecule has 1 aromatic rings. The summed E-state index contributed by atoms with van der Waals surface area (Å²) >= 11 is 0. The van der Waals surface area contributed by atoms with Crippen molar-refractivity contribution in [3.05, 3.63) is 35.4 Å². The van der Waals surface area contributed by atoms with E-state index in [4.69, 9.17) is 5.11 Å². The van der Waals surface area contributed by atoms with E-state index in [-0.39, 0.29) is 25.0 Å². The van der Waals surface area contributed by atoms with Gasteiger partial charge in [-0.1, -0.05) is 24.3 Å². The van der Waals surface area contributed by atoms with E-state index in [1.807, 2.05) is 38.1 Å². The predicted molar refractivity (Wildman–Crippen MR) is 68.2 cm³/mol. The highest BCUT2D eigenvalue weighted by molar-refractivity contribution is 5.79. The summed E-state index contributed by atoms with van der Waals surface area (Å²) in [5.74, 6) is -1.19. The van der Waals surface area contributed by atoms with Gasteiger partial charge >= 0.3 is 5.97 Å². The van der Waals surface area contributed by atoms with Crippen molar-refractivity contribution in [3.8, 4) is 0 Å². The molecular weight excluding hydrogens is 232 g/mol. The van der Waals surface area contributed by atoms with Crippen molar-refractivity contribution < 1.29 is 14.7 Å². The molecule has 3 N–H and O–H groups in total. The summed E-state index contributed by atoms with van der Waals surface area (Å²) in [5, 5.41) is 13.8. The van der Waals surface area contributed by atoms with Crippen molar-refractivity contribution in [1.82, 2.24) is 10.6 Å². The zero-order chi connectivity index (χ0) is 13.5. The van der Waals surface area contributed by atoms with Gasteiger partial charge in [0.25, 0.3) is 0 Å².